The number of hydrogen-bond acceptors (Lipinski definition) is 9. The van der Waals surface area contributed by atoms with Gasteiger partial charge in [-0.2, -0.15) is 25.3 Å². The second-order valence-electron chi connectivity index (χ2n) is 11.1. The minimum atomic E-state index is -1.03. The van der Waals surface area contributed by atoms with E-state index >= 15 is 0 Å². The number of benzene rings is 1. The van der Waals surface area contributed by atoms with Gasteiger partial charge in [0.15, 0.2) is 5.96 Å². The molecule has 12 nitrogen and oxygen atoms in total. The van der Waals surface area contributed by atoms with Crippen molar-refractivity contribution in [2.45, 2.75) is 94.2 Å². The van der Waals surface area contributed by atoms with Gasteiger partial charge in [0, 0.05) is 37.6 Å². The third kappa shape index (κ3) is 17.6. The summed E-state index contributed by atoms with van der Waals surface area (Å²) in [6, 6.07) is 5.18. The first-order chi connectivity index (χ1) is 21.0. The van der Waals surface area contributed by atoms with Gasteiger partial charge in [0.1, 0.15) is 12.4 Å². The van der Waals surface area contributed by atoms with Crippen LogP contribution in [0, 0.1) is 5.41 Å². The Morgan fingerprint density at radius 3 is 2.25 bits per heavy atom. The van der Waals surface area contributed by atoms with Gasteiger partial charge in [0.05, 0.1) is 18.1 Å². The molecule has 11 N–H and O–H groups in total. The first-order valence-corrected chi connectivity index (χ1v) is 16.7. The Labute approximate surface area is 273 Å². The predicted molar refractivity (Wildman–Crippen MR) is 183 cm³/mol. The summed E-state index contributed by atoms with van der Waals surface area (Å²) in [5.74, 6) is 1.47. The number of nitrogens with two attached hydrogens (primary N) is 3. The molecule has 1 rings (SSSR count). The highest BCUT2D eigenvalue weighted by atomic mass is 32.1. The fourth-order valence-corrected chi connectivity index (χ4v) is 4.95. The highest BCUT2D eigenvalue weighted by Gasteiger charge is 2.27. The van der Waals surface area contributed by atoms with Crippen molar-refractivity contribution < 1.29 is 19.1 Å². The highest BCUT2D eigenvalue weighted by molar-refractivity contribution is 7.79. The number of guanidine groups is 1. The molecule has 14 heteroatoms. The monoisotopic (exact) mass is 654 g/mol. The van der Waals surface area contributed by atoms with E-state index in [-0.39, 0.29) is 23.7 Å². The summed E-state index contributed by atoms with van der Waals surface area (Å²) >= 11 is 8.66. The minimum absolute atomic E-state index is 0.0150. The molecule has 0 aromatic heterocycles. The van der Waals surface area contributed by atoms with E-state index in [0.29, 0.717) is 76.4 Å². The minimum Gasteiger partial charge on any atom is -0.492 e. The van der Waals surface area contributed by atoms with E-state index in [4.69, 9.17) is 27.3 Å². The Morgan fingerprint density at radius 1 is 0.886 bits per heavy atom. The van der Waals surface area contributed by atoms with Crippen LogP contribution in [0.1, 0.15) is 82.3 Å². The number of carbonyl (C=O) groups is 3. The van der Waals surface area contributed by atoms with E-state index in [9.17, 15) is 14.4 Å². The van der Waals surface area contributed by atoms with Gasteiger partial charge in [0.25, 0.3) is 0 Å². The van der Waals surface area contributed by atoms with Crippen molar-refractivity contribution >= 4 is 48.9 Å². The normalized spacial score (nSPS) is 12.9. The summed E-state index contributed by atoms with van der Waals surface area (Å²) < 4.78 is 5.75. The van der Waals surface area contributed by atoms with E-state index in [1.165, 1.54) is 0 Å². The zero-order valence-electron chi connectivity index (χ0n) is 26.1. The number of thiol groups is 2. The van der Waals surface area contributed by atoms with Crippen LogP contribution in [0.5, 0.6) is 5.75 Å². The Hall–Kier alpha value is -2.68. The van der Waals surface area contributed by atoms with Crippen molar-refractivity contribution in [3.8, 4) is 5.75 Å². The maximum atomic E-state index is 12.6. The largest absolute Gasteiger partial charge is 0.492 e. The second kappa shape index (κ2) is 22.8. The van der Waals surface area contributed by atoms with E-state index in [1.807, 2.05) is 18.2 Å². The number of rotatable bonds is 24. The van der Waals surface area contributed by atoms with Crippen LogP contribution in [-0.4, -0.2) is 68.0 Å². The van der Waals surface area contributed by atoms with Crippen molar-refractivity contribution in [3.63, 3.8) is 0 Å². The Morgan fingerprint density at radius 2 is 1.55 bits per heavy atom. The van der Waals surface area contributed by atoms with Gasteiger partial charge < -0.3 is 43.2 Å². The molecule has 0 saturated carbocycles. The first kappa shape index (κ1) is 39.3. The molecule has 0 aliphatic heterocycles. The summed E-state index contributed by atoms with van der Waals surface area (Å²) in [6.07, 6.45) is 6.84. The molecule has 0 radical (unpaired) electrons. The van der Waals surface area contributed by atoms with Crippen LogP contribution < -0.4 is 43.2 Å². The Bertz CT molecular complexity index is 1030. The molecule has 0 heterocycles. The van der Waals surface area contributed by atoms with Gasteiger partial charge in [-0.3, -0.25) is 19.8 Å². The molecule has 0 aliphatic carbocycles. The van der Waals surface area contributed by atoms with Crippen LogP contribution in [0.4, 0.5) is 0 Å². The van der Waals surface area contributed by atoms with Gasteiger partial charge in [-0.25, -0.2) is 0 Å². The van der Waals surface area contributed by atoms with E-state index in [1.54, 1.807) is 6.92 Å². The van der Waals surface area contributed by atoms with Crippen LogP contribution in [0.15, 0.2) is 18.2 Å². The zero-order valence-corrected chi connectivity index (χ0v) is 27.9. The molecule has 44 heavy (non-hydrogen) atoms. The molecule has 3 amide bonds. The summed E-state index contributed by atoms with van der Waals surface area (Å²) in [4.78, 5) is 36.8. The van der Waals surface area contributed by atoms with Crippen molar-refractivity contribution in [1.29, 1.82) is 5.41 Å². The summed E-state index contributed by atoms with van der Waals surface area (Å²) in [5, 5.41) is 18.4. The molecule has 0 unspecified atom stereocenters. The average Bonchev–Trinajstić information content (AvgIpc) is 2.99. The van der Waals surface area contributed by atoms with Gasteiger partial charge in [-0.05, 0) is 81.5 Å². The molecule has 250 valence electrons. The topological polar surface area (TPSA) is 210 Å². The lowest BCUT2D eigenvalue weighted by Gasteiger charge is -2.23. The van der Waals surface area contributed by atoms with Gasteiger partial charge in [0.2, 0.25) is 17.7 Å². The molecule has 0 aliphatic rings. The fraction of sp³-hybridized carbons (Fsp3) is 0.667. The zero-order chi connectivity index (χ0) is 32.8. The van der Waals surface area contributed by atoms with E-state index < -0.39 is 11.6 Å². The third-order valence-corrected chi connectivity index (χ3v) is 7.79. The number of ether oxygens (including phenoxy) is 1. The SMILES string of the molecule is C[C@@](N)(CCCCNC(=O)[C@@H](N)CCCCNC(=O)CCCCCNC(=N)N)C(=O)NCCOc1ccc(CS)c(CS)c1. The Balaban J connectivity index is 2.10. The molecule has 0 spiro atoms. The highest BCUT2D eigenvalue weighted by Crippen LogP contribution is 2.21. The maximum absolute atomic E-state index is 12.6. The van der Waals surface area contributed by atoms with Crippen molar-refractivity contribution in [2.24, 2.45) is 17.2 Å². The lowest BCUT2D eigenvalue weighted by atomic mass is 9.95. The molecule has 0 fully saturated rings. The molecule has 1 aromatic rings. The number of amides is 3. The average molecular weight is 655 g/mol. The number of hydrogen-bond donors (Lipinski definition) is 10. The lowest BCUT2D eigenvalue weighted by molar-refractivity contribution is -0.126. The van der Waals surface area contributed by atoms with Crippen LogP contribution in [0.25, 0.3) is 0 Å². The summed E-state index contributed by atoms with van der Waals surface area (Å²) in [5.41, 5.74) is 18.6. The van der Waals surface area contributed by atoms with Crippen LogP contribution >= 0.6 is 25.3 Å². The number of carbonyl (C=O) groups excluding carboxylic acids is 3. The van der Waals surface area contributed by atoms with Crippen LogP contribution in [0.2, 0.25) is 0 Å². The van der Waals surface area contributed by atoms with Crippen molar-refractivity contribution in [1.82, 2.24) is 21.3 Å². The lowest BCUT2D eigenvalue weighted by Crippen LogP contribution is -2.52. The fourth-order valence-electron chi connectivity index (χ4n) is 4.35. The van der Waals surface area contributed by atoms with Crippen molar-refractivity contribution in [3.05, 3.63) is 29.3 Å². The van der Waals surface area contributed by atoms with E-state index in [2.05, 4.69) is 46.5 Å². The Kier molecular flexibility index (Phi) is 20.4. The third-order valence-electron chi connectivity index (χ3n) is 7.11. The quantitative estimate of drug-likeness (QED) is 0.0342. The predicted octanol–water partition coefficient (Wildman–Crippen LogP) is 1.70. The molecule has 1 aromatic carbocycles. The second-order valence-corrected chi connectivity index (χ2v) is 11.8. The maximum Gasteiger partial charge on any atom is 0.239 e. The van der Waals surface area contributed by atoms with Gasteiger partial charge in [-0.15, -0.1) is 0 Å². The standard InChI is InChI=1S/C30H54N8O4S2/c1-30(34,28(41)37-17-18-42-24-12-11-22(20-43)23(19-24)21-44)13-5-8-15-36-27(40)25(31)9-4-7-14-35-26(39)10-3-2-6-16-38-29(32)33/h11-12,19,25,43-44H,2-10,13-18,20-21,31,34H2,1H3,(H,35,39)(H,36,40)(H,37,41)(H4,32,33,38)/t25-,30+/m0/s1. The van der Waals surface area contributed by atoms with Gasteiger partial charge in [-0.1, -0.05) is 12.5 Å². The first-order valence-electron chi connectivity index (χ1n) is 15.4. The van der Waals surface area contributed by atoms with Crippen molar-refractivity contribution in [2.75, 3.05) is 32.8 Å². The molecule has 0 bridgehead atoms. The van der Waals surface area contributed by atoms with Crippen LogP contribution in [0.3, 0.4) is 0 Å². The summed E-state index contributed by atoms with van der Waals surface area (Å²) in [6.45, 7) is 4.00. The molecular formula is C30H54N8O4S2. The number of unbranched alkanes of at least 4 members (excludes halogenated alkanes) is 4. The number of nitrogens with one attached hydrogen (secondary N) is 5. The smallest absolute Gasteiger partial charge is 0.239 e. The van der Waals surface area contributed by atoms with E-state index in [0.717, 1.165) is 49.0 Å². The van der Waals surface area contributed by atoms with Crippen LogP contribution in [-0.2, 0) is 25.9 Å². The molecule has 0 saturated heterocycles. The summed E-state index contributed by atoms with van der Waals surface area (Å²) in [7, 11) is 0. The molecule has 2 atom stereocenters. The molecular weight excluding hydrogens is 601 g/mol. The van der Waals surface area contributed by atoms with Gasteiger partial charge >= 0.3 is 0 Å².